The second kappa shape index (κ2) is 5.62. The largest absolute Gasteiger partial charge is 0.535 e. The number of carboxylic acids is 1. The third kappa shape index (κ3) is 5.56. The lowest BCUT2D eigenvalue weighted by Crippen LogP contribution is -2.34. The molecular weight excluding hydrogens is 213 g/mol. The molecule has 0 aliphatic rings. The summed E-state index contributed by atoms with van der Waals surface area (Å²) in [7, 11) is -4.32. The lowest BCUT2D eigenvalue weighted by atomic mass is 10.3. The zero-order chi connectivity index (χ0) is 11.2. The minimum Gasteiger partial charge on any atom is -0.480 e. The number of rotatable bonds is 5. The van der Waals surface area contributed by atoms with Crippen molar-refractivity contribution in [3.63, 3.8) is 0 Å². The van der Waals surface area contributed by atoms with Gasteiger partial charge in [-0.05, 0) is 0 Å². The minimum absolute atomic E-state index is 0.630. The van der Waals surface area contributed by atoms with Gasteiger partial charge in [-0.25, -0.2) is 4.57 Å². The molecular formula is C6H10NO6P. The monoisotopic (exact) mass is 223 g/mol. The van der Waals surface area contributed by atoms with E-state index in [1.165, 1.54) is 6.92 Å². The number of aliphatic carboxylic acids is 1. The van der Waals surface area contributed by atoms with Crippen LogP contribution in [0.1, 0.15) is 6.92 Å². The summed E-state index contributed by atoms with van der Waals surface area (Å²) >= 11 is 0. The summed E-state index contributed by atoms with van der Waals surface area (Å²) in [5, 5.41) is 8.31. The maximum atomic E-state index is 10.9. The number of nitrogens with two attached hydrogens (primary N) is 1. The molecule has 0 aromatic heterocycles. The third-order valence-corrected chi connectivity index (χ3v) is 1.79. The van der Waals surface area contributed by atoms with Crippen LogP contribution in [0.3, 0.4) is 0 Å². The van der Waals surface area contributed by atoms with Crippen molar-refractivity contribution in [2.24, 2.45) is 5.73 Å². The van der Waals surface area contributed by atoms with Gasteiger partial charge in [0.1, 0.15) is 12.1 Å². The van der Waals surface area contributed by atoms with E-state index in [9.17, 15) is 9.36 Å². The Morgan fingerprint density at radius 2 is 2.29 bits per heavy atom. The molecule has 0 aliphatic carbocycles. The molecule has 0 aromatic carbocycles. The first-order valence-corrected chi connectivity index (χ1v) is 4.94. The first-order valence-electron chi connectivity index (χ1n) is 3.45. The van der Waals surface area contributed by atoms with E-state index in [1.54, 1.807) is 0 Å². The van der Waals surface area contributed by atoms with Crippen LogP contribution in [0.5, 0.6) is 0 Å². The van der Waals surface area contributed by atoms with Crippen LogP contribution < -0.4 is 5.73 Å². The van der Waals surface area contributed by atoms with Gasteiger partial charge in [-0.2, -0.15) is 0 Å². The van der Waals surface area contributed by atoms with Crippen molar-refractivity contribution in [1.82, 2.24) is 0 Å². The Balaban J connectivity index is 4.03. The lowest BCUT2D eigenvalue weighted by molar-refractivity contribution is -0.139. The topological polar surface area (TPSA) is 119 Å². The van der Waals surface area contributed by atoms with E-state index in [-0.39, 0.29) is 0 Å². The van der Waals surface area contributed by atoms with Gasteiger partial charge in [0.25, 0.3) is 0 Å². The number of carbonyl (C=O) groups is 1. The molecule has 4 N–H and O–H groups in total. The first kappa shape index (κ1) is 12.9. The fourth-order valence-corrected chi connectivity index (χ4v) is 0.984. The summed E-state index contributed by atoms with van der Waals surface area (Å²) in [5.41, 5.74) is 5.00. The standard InChI is InChI=1S/C6H10NO6P/c1-2-3-12-14(10,11)13-4-5(7)6(8)9/h5H,4,7H2,1H3,(H,8,9)(H,10,11)/t5-/m0/s1. The molecule has 0 spiro atoms. The summed E-state index contributed by atoms with van der Waals surface area (Å²) < 4.78 is 19.2. The predicted molar refractivity (Wildman–Crippen MR) is 45.9 cm³/mol. The van der Waals surface area contributed by atoms with Crippen molar-refractivity contribution < 1.29 is 28.4 Å². The number of hydrogen-bond donors (Lipinski definition) is 3. The van der Waals surface area contributed by atoms with E-state index in [2.05, 4.69) is 15.0 Å². The van der Waals surface area contributed by atoms with Gasteiger partial charge >= 0.3 is 13.8 Å². The number of phosphoric acid groups is 1. The van der Waals surface area contributed by atoms with Gasteiger partial charge in [0, 0.05) is 6.92 Å². The highest BCUT2D eigenvalue weighted by Gasteiger charge is 2.24. The normalized spacial score (nSPS) is 15.9. The molecule has 1 unspecified atom stereocenters. The van der Waals surface area contributed by atoms with Gasteiger partial charge < -0.3 is 15.4 Å². The predicted octanol–water partition coefficient (Wildman–Crippen LogP) is -0.487. The van der Waals surface area contributed by atoms with E-state index >= 15 is 0 Å². The Bertz CT molecular complexity index is 305. The van der Waals surface area contributed by atoms with E-state index in [1.807, 2.05) is 6.11 Å². The van der Waals surface area contributed by atoms with Crippen molar-refractivity contribution in [3.05, 3.63) is 0 Å². The number of carboxylic acid groups (broad SMARTS) is 1. The Labute approximate surface area is 80.4 Å². The van der Waals surface area contributed by atoms with Crippen molar-refractivity contribution in [1.29, 1.82) is 0 Å². The average Bonchev–Trinajstić information content (AvgIpc) is 2.11. The summed E-state index contributed by atoms with van der Waals surface area (Å²) in [4.78, 5) is 19.0. The van der Waals surface area contributed by atoms with E-state index < -0.39 is 26.4 Å². The van der Waals surface area contributed by atoms with Crippen LogP contribution in [0.2, 0.25) is 0 Å². The van der Waals surface area contributed by atoms with Gasteiger partial charge in [-0.1, -0.05) is 5.92 Å². The summed E-state index contributed by atoms with van der Waals surface area (Å²) in [6.07, 6.45) is 1.87. The zero-order valence-electron chi connectivity index (χ0n) is 7.34. The van der Waals surface area contributed by atoms with Crippen LogP contribution in [0.25, 0.3) is 0 Å². The molecule has 7 nitrogen and oxygen atoms in total. The Hall–Kier alpha value is -1.06. The molecule has 0 radical (unpaired) electrons. The SMILES string of the molecule is CC#COP(=O)(O)OC[C@H](N)C(=O)O. The Morgan fingerprint density at radius 1 is 1.71 bits per heavy atom. The van der Waals surface area contributed by atoms with Gasteiger partial charge in [-0.15, -0.1) is 0 Å². The third-order valence-electron chi connectivity index (χ3n) is 0.998. The van der Waals surface area contributed by atoms with E-state index in [0.717, 1.165) is 0 Å². The molecule has 0 aliphatic heterocycles. The van der Waals surface area contributed by atoms with Crippen LogP contribution in [0, 0.1) is 12.0 Å². The quantitative estimate of drug-likeness (QED) is 0.425. The van der Waals surface area contributed by atoms with Gasteiger partial charge in [-0.3, -0.25) is 14.2 Å². The van der Waals surface area contributed by atoms with Crippen molar-refractivity contribution >= 4 is 13.8 Å². The number of hydrogen-bond acceptors (Lipinski definition) is 5. The lowest BCUT2D eigenvalue weighted by Gasteiger charge is -2.10. The molecule has 0 heterocycles. The van der Waals surface area contributed by atoms with Gasteiger partial charge in [0.2, 0.25) is 0 Å². The van der Waals surface area contributed by atoms with E-state index in [0.29, 0.717) is 0 Å². The molecule has 80 valence electrons. The summed E-state index contributed by atoms with van der Waals surface area (Å²) in [5.74, 6) is 0.861. The van der Waals surface area contributed by atoms with Crippen LogP contribution in [-0.2, 0) is 18.4 Å². The highest BCUT2D eigenvalue weighted by Crippen LogP contribution is 2.42. The summed E-state index contributed by atoms with van der Waals surface area (Å²) in [6.45, 7) is 0.761. The molecule has 0 amide bonds. The Kier molecular flexibility index (Phi) is 5.20. The zero-order valence-corrected chi connectivity index (χ0v) is 8.23. The fraction of sp³-hybridized carbons (Fsp3) is 0.500. The maximum Gasteiger partial charge on any atom is 0.535 e. The number of phosphoric ester groups is 1. The average molecular weight is 223 g/mol. The van der Waals surface area contributed by atoms with Crippen molar-refractivity contribution in [3.8, 4) is 12.0 Å². The molecule has 0 saturated carbocycles. The second-order valence-electron chi connectivity index (χ2n) is 2.15. The molecule has 14 heavy (non-hydrogen) atoms. The molecule has 0 aromatic rings. The molecule has 0 rings (SSSR count). The molecule has 2 atom stereocenters. The first-order chi connectivity index (χ1) is 6.39. The molecule has 0 fully saturated rings. The van der Waals surface area contributed by atoms with Crippen molar-refractivity contribution in [2.45, 2.75) is 13.0 Å². The van der Waals surface area contributed by atoms with Gasteiger partial charge in [0.15, 0.2) is 0 Å². The van der Waals surface area contributed by atoms with Crippen LogP contribution in [0.15, 0.2) is 0 Å². The Morgan fingerprint density at radius 3 is 2.71 bits per heavy atom. The molecule has 8 heteroatoms. The minimum atomic E-state index is -4.32. The maximum absolute atomic E-state index is 10.9. The summed E-state index contributed by atoms with van der Waals surface area (Å²) in [6, 6.07) is -1.38. The van der Waals surface area contributed by atoms with E-state index in [4.69, 9.17) is 15.7 Å². The second-order valence-corrected chi connectivity index (χ2v) is 3.53. The molecule has 0 bridgehead atoms. The van der Waals surface area contributed by atoms with Gasteiger partial charge in [0.05, 0.1) is 6.61 Å². The smallest absolute Gasteiger partial charge is 0.480 e. The van der Waals surface area contributed by atoms with Crippen molar-refractivity contribution in [2.75, 3.05) is 6.61 Å². The van der Waals surface area contributed by atoms with Crippen LogP contribution in [-0.4, -0.2) is 28.6 Å². The van der Waals surface area contributed by atoms with Crippen LogP contribution >= 0.6 is 7.82 Å². The highest BCUT2D eigenvalue weighted by molar-refractivity contribution is 7.47. The highest BCUT2D eigenvalue weighted by atomic mass is 31.2. The molecule has 0 saturated heterocycles. The van der Waals surface area contributed by atoms with Crippen LogP contribution in [0.4, 0.5) is 0 Å². The fourth-order valence-electron chi connectivity index (χ4n) is 0.375.